The highest BCUT2D eigenvalue weighted by molar-refractivity contribution is 14.1. The average Bonchev–Trinajstić information content (AvgIpc) is 2.26. The second-order valence-electron chi connectivity index (χ2n) is 2.84. The number of nitrogens with zero attached hydrogens (tertiary/aromatic N) is 1. The molecule has 0 aromatic carbocycles. The van der Waals surface area contributed by atoms with Gasteiger partial charge in [-0.25, -0.2) is 13.6 Å². The number of hydrogen-bond acceptors (Lipinski definition) is 4. The zero-order valence-corrected chi connectivity index (χ0v) is 10.5. The molecule has 88 valence electrons. The Labute approximate surface area is 104 Å². The first-order chi connectivity index (χ1) is 7.52. The third kappa shape index (κ3) is 2.46. The van der Waals surface area contributed by atoms with Gasteiger partial charge in [-0.05, 0) is 22.6 Å². The molecule has 7 heteroatoms. The molecule has 0 aliphatic rings. The number of alkyl halides is 2. The van der Waals surface area contributed by atoms with E-state index in [1.807, 2.05) is 22.6 Å². The minimum Gasteiger partial charge on any atom is -0.465 e. The highest BCUT2D eigenvalue weighted by Gasteiger charge is 2.23. The van der Waals surface area contributed by atoms with Crippen molar-refractivity contribution in [2.75, 3.05) is 7.11 Å². The molecule has 1 aromatic heterocycles. The zero-order chi connectivity index (χ0) is 12.3. The molecule has 0 saturated heterocycles. The van der Waals surface area contributed by atoms with Gasteiger partial charge >= 0.3 is 5.97 Å². The highest BCUT2D eigenvalue weighted by Crippen LogP contribution is 2.26. The minimum atomic E-state index is -2.76. The molecule has 0 aliphatic heterocycles. The molecule has 0 amide bonds. The number of rotatable bonds is 3. The van der Waals surface area contributed by atoms with E-state index in [1.165, 1.54) is 13.3 Å². The summed E-state index contributed by atoms with van der Waals surface area (Å²) in [7, 11) is 1.18. The molecule has 0 radical (unpaired) electrons. The first kappa shape index (κ1) is 13.2. The van der Waals surface area contributed by atoms with Crippen LogP contribution in [0.3, 0.4) is 0 Å². The third-order valence-corrected chi connectivity index (χ3v) is 2.79. The van der Waals surface area contributed by atoms with Crippen LogP contribution in [0.4, 0.5) is 8.78 Å². The van der Waals surface area contributed by atoms with Crippen LogP contribution in [-0.4, -0.2) is 18.1 Å². The lowest BCUT2D eigenvalue weighted by atomic mass is 10.1. The largest absolute Gasteiger partial charge is 0.465 e. The maximum absolute atomic E-state index is 12.6. The van der Waals surface area contributed by atoms with E-state index in [0.29, 0.717) is 3.57 Å². The van der Waals surface area contributed by atoms with E-state index in [-0.39, 0.29) is 17.7 Å². The molecule has 1 aromatic rings. The SMILES string of the molecule is COC(=O)c1c(I)cnc(C(F)F)c1CN. The Kier molecular flexibility index (Phi) is 4.54. The van der Waals surface area contributed by atoms with Crippen LogP contribution in [0.15, 0.2) is 6.20 Å². The normalized spacial score (nSPS) is 10.6. The Balaban J connectivity index is 3.44. The van der Waals surface area contributed by atoms with Crippen molar-refractivity contribution in [2.24, 2.45) is 5.73 Å². The van der Waals surface area contributed by atoms with Crippen molar-refractivity contribution in [1.29, 1.82) is 0 Å². The van der Waals surface area contributed by atoms with Gasteiger partial charge in [0.25, 0.3) is 6.43 Å². The third-order valence-electron chi connectivity index (χ3n) is 1.97. The molecule has 0 spiro atoms. The standard InChI is InChI=1S/C9H9F2IN2O2/c1-16-9(15)6-4(2-13)7(8(10)11)14-3-5(6)12/h3,8H,2,13H2,1H3. The van der Waals surface area contributed by atoms with Crippen molar-refractivity contribution in [3.8, 4) is 0 Å². The van der Waals surface area contributed by atoms with Crippen LogP contribution in [-0.2, 0) is 11.3 Å². The summed E-state index contributed by atoms with van der Waals surface area (Å²) < 4.78 is 30.2. The van der Waals surface area contributed by atoms with Gasteiger partial charge in [0.05, 0.1) is 12.7 Å². The molecule has 0 fully saturated rings. The minimum absolute atomic E-state index is 0.0359. The molecule has 0 unspecified atom stereocenters. The number of carbonyl (C=O) groups is 1. The van der Waals surface area contributed by atoms with E-state index in [1.54, 1.807) is 0 Å². The lowest BCUT2D eigenvalue weighted by molar-refractivity contribution is 0.0597. The Morgan fingerprint density at radius 1 is 1.69 bits per heavy atom. The smallest absolute Gasteiger partial charge is 0.339 e. The van der Waals surface area contributed by atoms with E-state index in [0.717, 1.165) is 0 Å². The Morgan fingerprint density at radius 2 is 2.31 bits per heavy atom. The van der Waals surface area contributed by atoms with Crippen LogP contribution < -0.4 is 5.73 Å². The van der Waals surface area contributed by atoms with Gasteiger partial charge < -0.3 is 10.5 Å². The van der Waals surface area contributed by atoms with Gasteiger partial charge in [-0.1, -0.05) is 0 Å². The summed E-state index contributed by atoms with van der Waals surface area (Å²) in [5.74, 6) is -0.686. The molecule has 0 aliphatic carbocycles. The van der Waals surface area contributed by atoms with Gasteiger partial charge in [0.15, 0.2) is 0 Å². The molecule has 0 bridgehead atoms. The molecule has 1 rings (SSSR count). The fourth-order valence-corrected chi connectivity index (χ4v) is 1.94. The lowest BCUT2D eigenvalue weighted by Gasteiger charge is -2.12. The second kappa shape index (κ2) is 5.48. The van der Waals surface area contributed by atoms with E-state index < -0.39 is 18.1 Å². The summed E-state index contributed by atoms with van der Waals surface area (Å²) in [6, 6.07) is 0. The quantitative estimate of drug-likeness (QED) is 0.673. The van der Waals surface area contributed by atoms with Gasteiger partial charge in [0.2, 0.25) is 0 Å². The van der Waals surface area contributed by atoms with Crippen molar-refractivity contribution in [3.63, 3.8) is 0 Å². The molecule has 1 heterocycles. The monoisotopic (exact) mass is 342 g/mol. The second-order valence-corrected chi connectivity index (χ2v) is 4.00. The summed E-state index contributed by atoms with van der Waals surface area (Å²) in [5.41, 5.74) is 5.00. The number of pyridine rings is 1. The van der Waals surface area contributed by atoms with Gasteiger partial charge in [-0.3, -0.25) is 4.98 Å². The summed E-state index contributed by atoms with van der Waals surface area (Å²) >= 11 is 1.82. The van der Waals surface area contributed by atoms with Gasteiger partial charge in [0, 0.05) is 21.9 Å². The topological polar surface area (TPSA) is 65.2 Å². The maximum atomic E-state index is 12.6. The number of esters is 1. The fourth-order valence-electron chi connectivity index (χ4n) is 1.26. The number of methoxy groups -OCH3 is 1. The van der Waals surface area contributed by atoms with Crippen molar-refractivity contribution in [2.45, 2.75) is 13.0 Å². The van der Waals surface area contributed by atoms with Crippen molar-refractivity contribution in [1.82, 2.24) is 4.98 Å². The van der Waals surface area contributed by atoms with Crippen molar-refractivity contribution >= 4 is 28.6 Å². The average molecular weight is 342 g/mol. The van der Waals surface area contributed by atoms with Gasteiger partial charge in [-0.2, -0.15) is 0 Å². The predicted molar refractivity (Wildman–Crippen MR) is 61.1 cm³/mol. The number of aromatic nitrogens is 1. The van der Waals surface area contributed by atoms with E-state index in [2.05, 4.69) is 9.72 Å². The van der Waals surface area contributed by atoms with Crippen LogP contribution in [0, 0.1) is 3.57 Å². The summed E-state index contributed by atoms with van der Waals surface area (Å²) in [6.07, 6.45) is -1.56. The fraction of sp³-hybridized carbons (Fsp3) is 0.333. The van der Waals surface area contributed by atoms with Crippen LogP contribution >= 0.6 is 22.6 Å². The molecular weight excluding hydrogens is 333 g/mol. The number of carbonyl (C=O) groups excluding carboxylic acids is 1. The number of halogens is 3. The lowest BCUT2D eigenvalue weighted by Crippen LogP contribution is -2.15. The molecule has 16 heavy (non-hydrogen) atoms. The zero-order valence-electron chi connectivity index (χ0n) is 8.34. The molecule has 2 N–H and O–H groups in total. The van der Waals surface area contributed by atoms with Crippen LogP contribution in [0.25, 0.3) is 0 Å². The Hall–Kier alpha value is -0.830. The molecule has 4 nitrogen and oxygen atoms in total. The van der Waals surface area contributed by atoms with Gasteiger partial charge in [0.1, 0.15) is 5.69 Å². The van der Waals surface area contributed by atoms with Crippen LogP contribution in [0.5, 0.6) is 0 Å². The maximum Gasteiger partial charge on any atom is 0.339 e. The molecule has 0 saturated carbocycles. The van der Waals surface area contributed by atoms with Crippen molar-refractivity contribution in [3.05, 3.63) is 26.6 Å². The summed E-state index contributed by atoms with van der Waals surface area (Å²) in [5, 5.41) is 0. The number of hydrogen-bond donors (Lipinski definition) is 1. The first-order valence-corrected chi connectivity index (χ1v) is 5.34. The Bertz CT molecular complexity index is 413. The van der Waals surface area contributed by atoms with E-state index in [9.17, 15) is 13.6 Å². The van der Waals surface area contributed by atoms with E-state index in [4.69, 9.17) is 5.73 Å². The Morgan fingerprint density at radius 3 is 2.75 bits per heavy atom. The predicted octanol–water partition coefficient (Wildman–Crippen LogP) is 1.87. The highest BCUT2D eigenvalue weighted by atomic mass is 127. The van der Waals surface area contributed by atoms with E-state index >= 15 is 0 Å². The van der Waals surface area contributed by atoms with Crippen LogP contribution in [0.2, 0.25) is 0 Å². The molecule has 0 atom stereocenters. The molecular formula is C9H9F2IN2O2. The summed E-state index contributed by atoms with van der Waals surface area (Å²) in [6.45, 7) is -0.187. The summed E-state index contributed by atoms with van der Waals surface area (Å²) in [4.78, 5) is 15.0. The van der Waals surface area contributed by atoms with Crippen LogP contribution in [0.1, 0.15) is 28.0 Å². The number of ether oxygens (including phenoxy) is 1. The van der Waals surface area contributed by atoms with Gasteiger partial charge in [-0.15, -0.1) is 0 Å². The van der Waals surface area contributed by atoms with Crippen molar-refractivity contribution < 1.29 is 18.3 Å². The first-order valence-electron chi connectivity index (χ1n) is 4.26. The number of nitrogens with two attached hydrogens (primary N) is 1.